The molecule has 1 aromatic carbocycles. The zero-order chi connectivity index (χ0) is 24.3. The van der Waals surface area contributed by atoms with E-state index in [-0.39, 0.29) is 16.9 Å². The van der Waals surface area contributed by atoms with Crippen LogP contribution in [-0.4, -0.2) is 38.3 Å². The third-order valence-electron chi connectivity index (χ3n) is 9.78. The molecule has 5 heteroatoms. The molecule has 4 aliphatic carbocycles. The van der Waals surface area contributed by atoms with Crippen molar-refractivity contribution >= 4 is 11.9 Å². The number of carbonyl (C=O) groups is 1. The van der Waals surface area contributed by atoms with Gasteiger partial charge in [0.1, 0.15) is 0 Å². The van der Waals surface area contributed by atoms with E-state index >= 15 is 0 Å². The molecule has 184 valence electrons. The van der Waals surface area contributed by atoms with Gasteiger partial charge in [0, 0.05) is 11.0 Å². The molecule has 6 atom stereocenters. The van der Waals surface area contributed by atoms with E-state index in [1.165, 1.54) is 5.57 Å². The number of rotatable bonds is 4. The third-order valence-corrected chi connectivity index (χ3v) is 9.78. The number of methoxy groups -OCH3 is 3. The average Bonchev–Trinajstić information content (AvgIpc) is 3.09. The highest BCUT2D eigenvalue weighted by Gasteiger charge is 2.59. The summed E-state index contributed by atoms with van der Waals surface area (Å²) in [6.45, 7) is 4.63. The van der Waals surface area contributed by atoms with E-state index in [1.807, 2.05) is 18.2 Å². The van der Waals surface area contributed by atoms with E-state index in [0.717, 1.165) is 56.1 Å². The quantitative estimate of drug-likeness (QED) is 0.462. The summed E-state index contributed by atoms with van der Waals surface area (Å²) < 4.78 is 16.7. The lowest BCUT2D eigenvalue weighted by molar-refractivity contribution is -0.130. The Morgan fingerprint density at radius 3 is 2.38 bits per heavy atom. The predicted octanol–water partition coefficient (Wildman–Crippen LogP) is 5.60. The van der Waals surface area contributed by atoms with Crippen molar-refractivity contribution in [2.45, 2.75) is 64.9 Å². The van der Waals surface area contributed by atoms with Crippen LogP contribution in [0.1, 0.15) is 64.4 Å². The van der Waals surface area contributed by atoms with Crippen LogP contribution in [0.3, 0.4) is 0 Å². The van der Waals surface area contributed by atoms with Crippen LogP contribution < -0.4 is 14.2 Å². The molecule has 0 aliphatic heterocycles. The SMILES string of the molecule is COc1ccc(/C=C2\C[C@H]3[C@@H]4CC=C5C[C@@H](O)CC[C@]5(C)[C@H]4CC[C@]3(C)C2=O)c(OC)c1OC. The number of ether oxygens (including phenoxy) is 3. The molecule has 0 bridgehead atoms. The molecule has 4 aliphatic rings. The van der Waals surface area contributed by atoms with E-state index in [0.29, 0.717) is 40.8 Å². The second kappa shape index (κ2) is 8.44. The molecule has 0 spiro atoms. The van der Waals surface area contributed by atoms with E-state index in [1.54, 1.807) is 21.3 Å². The zero-order valence-corrected chi connectivity index (χ0v) is 21.1. The summed E-state index contributed by atoms with van der Waals surface area (Å²) in [6.07, 6.45) is 10.9. The lowest BCUT2D eigenvalue weighted by atomic mass is 9.48. The highest BCUT2D eigenvalue weighted by atomic mass is 16.5. The van der Waals surface area contributed by atoms with Crippen LogP contribution >= 0.6 is 0 Å². The maximum atomic E-state index is 13.8. The highest BCUT2D eigenvalue weighted by Crippen LogP contribution is 2.64. The number of allylic oxidation sites excluding steroid dienone is 2. The van der Waals surface area contributed by atoms with Crippen molar-refractivity contribution in [3.8, 4) is 17.2 Å². The standard InChI is InChI=1S/C29H38O5/c1-28-12-10-20(30)16-19(28)7-8-21-22(28)11-13-29(2)23(21)15-18(27(29)31)14-17-6-9-24(32-3)26(34-5)25(17)33-4/h6-7,9,14,20-23,30H,8,10-13,15-16H2,1-5H3/b18-14+/t20-,21+,22-,23-,28-,29-/m0/s1. The number of ketones is 1. The minimum Gasteiger partial charge on any atom is -0.493 e. The molecule has 5 nitrogen and oxygen atoms in total. The first-order valence-electron chi connectivity index (χ1n) is 12.7. The van der Waals surface area contributed by atoms with Gasteiger partial charge < -0.3 is 19.3 Å². The van der Waals surface area contributed by atoms with Crippen molar-refractivity contribution in [1.29, 1.82) is 0 Å². The minimum atomic E-state index is -0.299. The van der Waals surface area contributed by atoms with Crippen molar-refractivity contribution in [2.24, 2.45) is 28.6 Å². The van der Waals surface area contributed by atoms with Crippen molar-refractivity contribution in [1.82, 2.24) is 0 Å². The monoisotopic (exact) mass is 466 g/mol. The molecular weight excluding hydrogens is 428 g/mol. The summed E-state index contributed by atoms with van der Waals surface area (Å²) in [4.78, 5) is 13.8. The van der Waals surface area contributed by atoms with Gasteiger partial charge in [-0.2, -0.15) is 0 Å². The van der Waals surface area contributed by atoms with Crippen LogP contribution in [0.2, 0.25) is 0 Å². The number of fused-ring (bicyclic) bond motifs is 5. The number of aliphatic hydroxyl groups excluding tert-OH is 1. The van der Waals surface area contributed by atoms with Gasteiger partial charge in [0.15, 0.2) is 17.3 Å². The number of hydrogen-bond acceptors (Lipinski definition) is 5. The molecule has 0 radical (unpaired) electrons. The highest BCUT2D eigenvalue weighted by molar-refractivity contribution is 6.06. The normalized spacial score (nSPS) is 38.0. The summed E-state index contributed by atoms with van der Waals surface area (Å²) in [6, 6.07) is 3.81. The van der Waals surface area contributed by atoms with Gasteiger partial charge in [0.25, 0.3) is 0 Å². The maximum absolute atomic E-state index is 13.8. The zero-order valence-electron chi connectivity index (χ0n) is 21.1. The molecule has 0 heterocycles. The van der Waals surface area contributed by atoms with Crippen LogP contribution in [0.4, 0.5) is 0 Å². The van der Waals surface area contributed by atoms with E-state index in [9.17, 15) is 9.90 Å². The Kier molecular flexibility index (Phi) is 5.83. The van der Waals surface area contributed by atoms with Gasteiger partial charge >= 0.3 is 0 Å². The Morgan fingerprint density at radius 2 is 1.68 bits per heavy atom. The van der Waals surface area contributed by atoms with Gasteiger partial charge in [0.05, 0.1) is 27.4 Å². The summed E-state index contributed by atoms with van der Waals surface area (Å²) >= 11 is 0. The maximum Gasteiger partial charge on any atom is 0.203 e. The molecule has 0 saturated heterocycles. The van der Waals surface area contributed by atoms with Crippen molar-refractivity contribution in [2.75, 3.05) is 21.3 Å². The van der Waals surface area contributed by atoms with Gasteiger partial charge in [-0.05, 0) is 91.9 Å². The number of Topliss-reactive ketones (excluding diaryl/α,β-unsaturated/α-hetero) is 1. The summed E-state index contributed by atoms with van der Waals surface area (Å²) in [5.41, 5.74) is 3.09. The lowest BCUT2D eigenvalue weighted by Gasteiger charge is -2.56. The topological polar surface area (TPSA) is 65.0 Å². The van der Waals surface area contributed by atoms with Crippen molar-refractivity contribution in [3.05, 3.63) is 34.9 Å². The Labute approximate surface area is 203 Å². The van der Waals surface area contributed by atoms with Gasteiger partial charge in [-0.15, -0.1) is 0 Å². The number of benzene rings is 1. The minimum absolute atomic E-state index is 0.172. The molecule has 0 unspecified atom stereocenters. The molecule has 34 heavy (non-hydrogen) atoms. The largest absolute Gasteiger partial charge is 0.493 e. The van der Waals surface area contributed by atoms with Gasteiger partial charge in [0.2, 0.25) is 5.75 Å². The van der Waals surface area contributed by atoms with Crippen LogP contribution in [0.5, 0.6) is 17.2 Å². The Morgan fingerprint density at radius 1 is 0.941 bits per heavy atom. The molecule has 1 aromatic rings. The van der Waals surface area contributed by atoms with Crippen LogP contribution in [-0.2, 0) is 4.79 Å². The molecule has 5 rings (SSSR count). The summed E-state index contributed by atoms with van der Waals surface area (Å²) in [7, 11) is 4.83. The molecule has 0 aromatic heterocycles. The molecule has 1 N–H and O–H groups in total. The molecule has 3 fully saturated rings. The van der Waals surface area contributed by atoms with Gasteiger partial charge in [-0.1, -0.05) is 25.5 Å². The predicted molar refractivity (Wildman–Crippen MR) is 132 cm³/mol. The van der Waals surface area contributed by atoms with Crippen molar-refractivity contribution < 1.29 is 24.1 Å². The summed E-state index contributed by atoms with van der Waals surface area (Å²) in [5.74, 6) is 3.53. The van der Waals surface area contributed by atoms with Gasteiger partial charge in [-0.3, -0.25) is 4.79 Å². The Balaban J connectivity index is 1.50. The molecular formula is C29H38O5. The first-order valence-corrected chi connectivity index (χ1v) is 12.7. The fraction of sp³-hybridized carbons (Fsp3) is 0.621. The van der Waals surface area contributed by atoms with Crippen LogP contribution in [0.15, 0.2) is 29.4 Å². The van der Waals surface area contributed by atoms with E-state index in [4.69, 9.17) is 14.2 Å². The first-order chi connectivity index (χ1) is 16.3. The van der Waals surface area contributed by atoms with Crippen molar-refractivity contribution in [3.63, 3.8) is 0 Å². The average molecular weight is 467 g/mol. The van der Waals surface area contributed by atoms with E-state index < -0.39 is 0 Å². The fourth-order valence-corrected chi connectivity index (χ4v) is 7.87. The second-order valence-electron chi connectivity index (χ2n) is 11.2. The number of hydrogen-bond donors (Lipinski definition) is 1. The molecule has 0 amide bonds. The molecule has 3 saturated carbocycles. The first kappa shape index (κ1) is 23.5. The number of carbonyl (C=O) groups excluding carboxylic acids is 1. The van der Waals surface area contributed by atoms with Crippen LogP contribution in [0.25, 0.3) is 6.08 Å². The van der Waals surface area contributed by atoms with E-state index in [2.05, 4.69) is 19.9 Å². The van der Waals surface area contributed by atoms with Crippen LogP contribution in [0, 0.1) is 28.6 Å². The summed E-state index contributed by atoms with van der Waals surface area (Å²) in [5, 5.41) is 10.3. The Bertz CT molecular complexity index is 1050. The van der Waals surface area contributed by atoms with Gasteiger partial charge in [-0.25, -0.2) is 0 Å². The smallest absolute Gasteiger partial charge is 0.203 e. The fourth-order valence-electron chi connectivity index (χ4n) is 7.87. The Hall–Kier alpha value is -2.27. The lowest BCUT2D eigenvalue weighted by Crippen LogP contribution is -2.50. The number of aliphatic hydroxyl groups is 1. The second-order valence-corrected chi connectivity index (χ2v) is 11.2. The third kappa shape index (κ3) is 3.34.